The van der Waals surface area contributed by atoms with Crippen molar-refractivity contribution in [3.63, 3.8) is 0 Å². The van der Waals surface area contributed by atoms with Crippen molar-refractivity contribution in [3.8, 4) is 0 Å². The summed E-state index contributed by atoms with van der Waals surface area (Å²) >= 11 is 0. The number of hydrogen-bond acceptors (Lipinski definition) is 4. The van der Waals surface area contributed by atoms with E-state index in [9.17, 15) is 9.50 Å². The first-order valence-electron chi connectivity index (χ1n) is 8.51. The quantitative estimate of drug-likeness (QED) is 0.556. The van der Waals surface area contributed by atoms with Gasteiger partial charge < -0.3 is 15.7 Å². The Morgan fingerprint density at radius 1 is 1.48 bits per heavy atom. The van der Waals surface area contributed by atoms with Gasteiger partial charge in [0.05, 0.1) is 13.1 Å². The number of aromatic nitrogens is 3. The molecule has 0 amide bonds. The van der Waals surface area contributed by atoms with Crippen molar-refractivity contribution in [1.29, 1.82) is 0 Å². The van der Waals surface area contributed by atoms with Crippen molar-refractivity contribution in [2.75, 3.05) is 13.1 Å². The van der Waals surface area contributed by atoms with Gasteiger partial charge in [-0.05, 0) is 19.4 Å². The molecule has 3 N–H and O–H groups in total. The van der Waals surface area contributed by atoms with Crippen LogP contribution >= 0.6 is 0 Å². The summed E-state index contributed by atoms with van der Waals surface area (Å²) in [5.41, 5.74) is 0.257. The Labute approximate surface area is 146 Å². The number of aliphatic imine (C=N–C) groups is 1. The molecule has 0 radical (unpaired) electrons. The van der Waals surface area contributed by atoms with Gasteiger partial charge in [-0.1, -0.05) is 18.2 Å². The van der Waals surface area contributed by atoms with Crippen LogP contribution < -0.4 is 10.6 Å². The fourth-order valence-electron chi connectivity index (χ4n) is 2.89. The van der Waals surface area contributed by atoms with Gasteiger partial charge in [-0.15, -0.1) is 0 Å². The van der Waals surface area contributed by atoms with Gasteiger partial charge in [-0.2, -0.15) is 5.10 Å². The molecule has 134 valence electrons. The van der Waals surface area contributed by atoms with E-state index in [1.165, 1.54) is 6.07 Å². The van der Waals surface area contributed by atoms with Crippen LogP contribution in [-0.4, -0.2) is 45.0 Å². The number of benzene rings is 1. The third-order valence-corrected chi connectivity index (χ3v) is 4.18. The molecule has 2 aromatic rings. The topological polar surface area (TPSA) is 87.4 Å². The molecule has 3 rings (SSSR count). The molecule has 2 unspecified atom stereocenters. The summed E-state index contributed by atoms with van der Waals surface area (Å²) in [5, 5.41) is 20.9. The average molecular weight is 346 g/mol. The summed E-state index contributed by atoms with van der Waals surface area (Å²) in [6.07, 6.45) is 2.38. The highest BCUT2D eigenvalue weighted by atomic mass is 19.1. The Balaban J connectivity index is 1.62. The summed E-state index contributed by atoms with van der Waals surface area (Å²) in [5.74, 6) is 1.18. The first-order chi connectivity index (χ1) is 12.2. The smallest absolute Gasteiger partial charge is 0.191 e. The van der Waals surface area contributed by atoms with Gasteiger partial charge in [0, 0.05) is 24.6 Å². The number of fused-ring (bicyclic) bond motifs is 1. The second-order valence-electron chi connectivity index (χ2n) is 6.00. The van der Waals surface area contributed by atoms with Crippen LogP contribution in [-0.2, 0) is 13.0 Å². The molecule has 0 saturated heterocycles. The molecule has 0 bridgehead atoms. The second kappa shape index (κ2) is 8.06. The van der Waals surface area contributed by atoms with Gasteiger partial charge >= 0.3 is 0 Å². The Kier molecular flexibility index (Phi) is 5.60. The fourth-order valence-corrected chi connectivity index (χ4v) is 2.89. The number of aryl methyl sites for hydroxylation is 1. The van der Waals surface area contributed by atoms with E-state index in [0.29, 0.717) is 12.5 Å². The minimum absolute atomic E-state index is 0.0809. The minimum atomic E-state index is -0.982. The standard InChI is InChI=1S/C17H23FN6O/c1-2-19-17(20-9-15(25)13-5-3-4-6-14(13)18)23-12-7-8-16-21-11-22-24(16)10-12/h3-6,11-12,15,25H,2,7-10H2,1H3,(H2,19,20,23). The van der Waals surface area contributed by atoms with Crippen LogP contribution in [0.4, 0.5) is 4.39 Å². The number of nitrogens with zero attached hydrogens (tertiary/aromatic N) is 4. The molecule has 0 spiro atoms. The Morgan fingerprint density at radius 2 is 2.32 bits per heavy atom. The highest BCUT2D eigenvalue weighted by Gasteiger charge is 2.20. The molecule has 0 fully saturated rings. The zero-order valence-electron chi connectivity index (χ0n) is 14.2. The van der Waals surface area contributed by atoms with Gasteiger partial charge in [0.2, 0.25) is 0 Å². The second-order valence-corrected chi connectivity index (χ2v) is 6.00. The van der Waals surface area contributed by atoms with Crippen molar-refractivity contribution in [2.45, 2.75) is 38.5 Å². The van der Waals surface area contributed by atoms with Crippen molar-refractivity contribution < 1.29 is 9.50 Å². The molecule has 2 heterocycles. The lowest BCUT2D eigenvalue weighted by Gasteiger charge is -2.25. The highest BCUT2D eigenvalue weighted by Crippen LogP contribution is 2.17. The number of guanidine groups is 1. The van der Waals surface area contributed by atoms with Gasteiger partial charge in [-0.25, -0.2) is 14.1 Å². The first-order valence-corrected chi connectivity index (χ1v) is 8.51. The normalized spacial score (nSPS) is 18.5. The predicted octanol–water partition coefficient (Wildman–Crippen LogP) is 1.02. The Bertz CT molecular complexity index is 731. The monoisotopic (exact) mass is 346 g/mol. The van der Waals surface area contributed by atoms with E-state index in [1.807, 2.05) is 11.6 Å². The number of hydrogen-bond donors (Lipinski definition) is 3. The molecular weight excluding hydrogens is 323 g/mol. The van der Waals surface area contributed by atoms with Crippen molar-refractivity contribution in [3.05, 3.63) is 47.8 Å². The van der Waals surface area contributed by atoms with Crippen LogP contribution in [0.2, 0.25) is 0 Å². The summed E-state index contributed by atoms with van der Waals surface area (Å²) in [7, 11) is 0. The zero-order valence-corrected chi connectivity index (χ0v) is 14.2. The van der Waals surface area contributed by atoms with E-state index in [2.05, 4.69) is 25.7 Å². The van der Waals surface area contributed by atoms with Gasteiger partial charge in [0.15, 0.2) is 5.96 Å². The van der Waals surface area contributed by atoms with Crippen LogP contribution in [0, 0.1) is 5.82 Å². The Hall–Kier alpha value is -2.48. The average Bonchev–Trinajstić information content (AvgIpc) is 3.08. The van der Waals surface area contributed by atoms with Crippen molar-refractivity contribution in [2.24, 2.45) is 4.99 Å². The highest BCUT2D eigenvalue weighted by molar-refractivity contribution is 5.80. The van der Waals surface area contributed by atoms with Crippen molar-refractivity contribution in [1.82, 2.24) is 25.4 Å². The maximum Gasteiger partial charge on any atom is 0.191 e. The molecule has 8 heteroatoms. The fraction of sp³-hybridized carbons (Fsp3) is 0.471. The number of rotatable bonds is 5. The third kappa shape index (κ3) is 4.33. The lowest BCUT2D eigenvalue weighted by molar-refractivity contribution is 0.182. The van der Waals surface area contributed by atoms with E-state index in [4.69, 9.17) is 0 Å². The molecule has 7 nitrogen and oxygen atoms in total. The summed E-state index contributed by atoms with van der Waals surface area (Å²) < 4.78 is 15.6. The van der Waals surface area contributed by atoms with E-state index in [-0.39, 0.29) is 18.2 Å². The number of aliphatic hydroxyl groups excluding tert-OH is 1. The molecule has 1 aliphatic heterocycles. The molecular formula is C17H23FN6O. The van der Waals surface area contributed by atoms with Crippen molar-refractivity contribution >= 4 is 5.96 Å². The molecule has 1 aromatic carbocycles. The maximum absolute atomic E-state index is 13.7. The number of aliphatic hydroxyl groups is 1. The summed E-state index contributed by atoms with van der Waals surface area (Å²) in [6.45, 7) is 3.47. The van der Waals surface area contributed by atoms with E-state index in [0.717, 1.165) is 25.2 Å². The lowest BCUT2D eigenvalue weighted by atomic mass is 10.1. The van der Waals surface area contributed by atoms with Gasteiger partial charge in [0.25, 0.3) is 0 Å². The third-order valence-electron chi connectivity index (χ3n) is 4.18. The van der Waals surface area contributed by atoms with Crippen LogP contribution in [0.15, 0.2) is 35.6 Å². The minimum Gasteiger partial charge on any atom is -0.386 e. The van der Waals surface area contributed by atoms with E-state index in [1.54, 1.807) is 24.5 Å². The molecule has 2 atom stereocenters. The lowest BCUT2D eigenvalue weighted by Crippen LogP contribution is -2.47. The molecule has 25 heavy (non-hydrogen) atoms. The van der Waals surface area contributed by atoms with Crippen LogP contribution in [0.1, 0.15) is 30.8 Å². The maximum atomic E-state index is 13.7. The van der Waals surface area contributed by atoms with Gasteiger partial charge in [-0.3, -0.25) is 4.99 Å². The molecule has 1 aromatic heterocycles. The van der Waals surface area contributed by atoms with Crippen LogP contribution in [0.25, 0.3) is 0 Å². The molecule has 0 saturated carbocycles. The summed E-state index contributed by atoms with van der Waals surface area (Å²) in [6, 6.07) is 6.39. The summed E-state index contributed by atoms with van der Waals surface area (Å²) in [4.78, 5) is 8.62. The first kappa shape index (κ1) is 17.3. The molecule has 0 aliphatic carbocycles. The van der Waals surface area contributed by atoms with E-state index < -0.39 is 11.9 Å². The number of halogens is 1. The van der Waals surface area contributed by atoms with E-state index >= 15 is 0 Å². The van der Waals surface area contributed by atoms with Gasteiger partial charge in [0.1, 0.15) is 24.1 Å². The SMILES string of the molecule is CCNC(=NCC(O)c1ccccc1F)NC1CCc2ncnn2C1. The Morgan fingerprint density at radius 3 is 3.12 bits per heavy atom. The predicted molar refractivity (Wildman–Crippen MR) is 92.6 cm³/mol. The zero-order chi connectivity index (χ0) is 17.6. The van der Waals surface area contributed by atoms with Crippen LogP contribution in [0.3, 0.4) is 0 Å². The number of nitrogens with one attached hydrogen (secondary N) is 2. The largest absolute Gasteiger partial charge is 0.386 e. The van der Waals surface area contributed by atoms with Crippen LogP contribution in [0.5, 0.6) is 0 Å². The molecule has 1 aliphatic rings.